The molecule has 0 spiro atoms. The summed E-state index contributed by atoms with van der Waals surface area (Å²) in [5.41, 5.74) is 1.18. The molecule has 1 aliphatic carbocycles. The molecule has 1 aromatic rings. The highest BCUT2D eigenvalue weighted by molar-refractivity contribution is 5.81. The van der Waals surface area contributed by atoms with Crippen molar-refractivity contribution in [1.29, 1.82) is 0 Å². The smallest absolute Gasteiger partial charge is 0.230 e. The van der Waals surface area contributed by atoms with Gasteiger partial charge in [-0.1, -0.05) is 48.6 Å². The molecule has 0 N–H and O–H groups in total. The van der Waals surface area contributed by atoms with Crippen LogP contribution in [0.5, 0.6) is 0 Å². The summed E-state index contributed by atoms with van der Waals surface area (Å²) in [7, 11) is 0. The van der Waals surface area contributed by atoms with Crippen molar-refractivity contribution in [2.24, 2.45) is 11.8 Å². The van der Waals surface area contributed by atoms with Crippen molar-refractivity contribution in [3.8, 4) is 0 Å². The summed E-state index contributed by atoms with van der Waals surface area (Å²) in [6.07, 6.45) is 10.4. The molecule has 1 heterocycles. The molecule has 0 saturated carbocycles. The number of benzene rings is 1. The van der Waals surface area contributed by atoms with E-state index in [1.165, 1.54) is 5.56 Å². The van der Waals surface area contributed by atoms with E-state index < -0.39 is 0 Å². The van der Waals surface area contributed by atoms with Crippen molar-refractivity contribution in [1.82, 2.24) is 4.90 Å². The number of rotatable bonds is 2. The summed E-state index contributed by atoms with van der Waals surface area (Å²) >= 11 is 0. The molecule has 0 saturated heterocycles. The van der Waals surface area contributed by atoms with Crippen LogP contribution in [-0.4, -0.2) is 10.8 Å². The van der Waals surface area contributed by atoms with Gasteiger partial charge in [-0.05, 0) is 24.3 Å². The number of carbonyl (C=O) groups is 1. The van der Waals surface area contributed by atoms with Gasteiger partial charge in [0.2, 0.25) is 5.91 Å². The van der Waals surface area contributed by atoms with Gasteiger partial charge >= 0.3 is 0 Å². The third-order valence-electron chi connectivity index (χ3n) is 3.79. The first-order chi connectivity index (χ1) is 8.84. The number of allylic oxidation sites excluding steroid dienone is 3. The Labute approximate surface area is 108 Å². The molecule has 2 aliphatic rings. The zero-order chi connectivity index (χ0) is 12.4. The molecule has 1 amide bonds. The largest absolute Gasteiger partial charge is 0.315 e. The number of fused-ring (bicyclic) bond motifs is 1. The highest BCUT2D eigenvalue weighted by Gasteiger charge is 2.33. The van der Waals surface area contributed by atoms with Gasteiger partial charge in [0.15, 0.2) is 0 Å². The first kappa shape index (κ1) is 11.3. The van der Waals surface area contributed by atoms with E-state index >= 15 is 0 Å². The summed E-state index contributed by atoms with van der Waals surface area (Å²) in [6, 6.07) is 10.2. The van der Waals surface area contributed by atoms with Crippen molar-refractivity contribution in [3.05, 3.63) is 60.3 Å². The standard InChI is InChI=1S/C16H17NO/c18-16-15-9-5-4-8-14(15)10-11-17(16)12-13-6-2-1-3-7-13/h1-7,10-11,14-15H,8-9,12H2/t14-,15+/m0/s1. The molecule has 3 rings (SSSR count). The number of amides is 1. The summed E-state index contributed by atoms with van der Waals surface area (Å²) in [4.78, 5) is 14.3. The molecule has 92 valence electrons. The first-order valence-corrected chi connectivity index (χ1v) is 6.52. The maximum Gasteiger partial charge on any atom is 0.230 e. The molecule has 2 heteroatoms. The number of hydrogen-bond acceptors (Lipinski definition) is 1. The van der Waals surface area contributed by atoms with Crippen molar-refractivity contribution in [3.63, 3.8) is 0 Å². The van der Waals surface area contributed by atoms with Crippen LogP contribution in [0.2, 0.25) is 0 Å². The molecule has 2 atom stereocenters. The van der Waals surface area contributed by atoms with Crippen LogP contribution in [0.4, 0.5) is 0 Å². The second-order valence-corrected chi connectivity index (χ2v) is 5.01. The Bertz CT molecular complexity index is 489. The van der Waals surface area contributed by atoms with E-state index in [0.29, 0.717) is 12.5 Å². The zero-order valence-corrected chi connectivity index (χ0v) is 10.3. The molecular formula is C16H17NO. The van der Waals surface area contributed by atoms with E-state index in [4.69, 9.17) is 0 Å². The molecule has 1 aliphatic heterocycles. The average molecular weight is 239 g/mol. The van der Waals surface area contributed by atoms with Crippen LogP contribution in [0, 0.1) is 11.8 Å². The fraction of sp³-hybridized carbons (Fsp3) is 0.312. The number of hydrogen-bond donors (Lipinski definition) is 0. The van der Waals surface area contributed by atoms with E-state index in [1.54, 1.807) is 0 Å². The second kappa shape index (κ2) is 4.81. The highest BCUT2D eigenvalue weighted by atomic mass is 16.2. The topological polar surface area (TPSA) is 20.3 Å². The third kappa shape index (κ3) is 2.10. The number of carbonyl (C=O) groups excluding carboxylic acids is 1. The van der Waals surface area contributed by atoms with Gasteiger partial charge in [0, 0.05) is 12.1 Å². The molecule has 2 nitrogen and oxygen atoms in total. The van der Waals surface area contributed by atoms with E-state index in [0.717, 1.165) is 12.8 Å². The Kier molecular flexibility index (Phi) is 3.01. The second-order valence-electron chi connectivity index (χ2n) is 5.01. The van der Waals surface area contributed by atoms with Gasteiger partial charge in [-0.2, -0.15) is 0 Å². The molecule has 0 aromatic heterocycles. The van der Waals surface area contributed by atoms with Crippen molar-refractivity contribution in [2.75, 3.05) is 0 Å². The maximum atomic E-state index is 12.4. The lowest BCUT2D eigenvalue weighted by atomic mass is 9.80. The molecule has 18 heavy (non-hydrogen) atoms. The molecule has 0 radical (unpaired) electrons. The molecule has 1 aromatic carbocycles. The Hall–Kier alpha value is -1.83. The minimum atomic E-state index is 0.156. The first-order valence-electron chi connectivity index (χ1n) is 6.52. The van der Waals surface area contributed by atoms with Crippen LogP contribution in [-0.2, 0) is 11.3 Å². The summed E-state index contributed by atoms with van der Waals surface area (Å²) in [5, 5.41) is 0. The molecular weight excluding hydrogens is 222 g/mol. The van der Waals surface area contributed by atoms with Crippen molar-refractivity contribution in [2.45, 2.75) is 19.4 Å². The quantitative estimate of drug-likeness (QED) is 0.726. The van der Waals surface area contributed by atoms with E-state index in [9.17, 15) is 4.79 Å². The van der Waals surface area contributed by atoms with E-state index in [2.05, 4.69) is 30.4 Å². The highest BCUT2D eigenvalue weighted by Crippen LogP contribution is 2.32. The lowest BCUT2D eigenvalue weighted by Gasteiger charge is -2.34. The third-order valence-corrected chi connectivity index (χ3v) is 3.79. The fourth-order valence-corrected chi connectivity index (χ4v) is 2.74. The zero-order valence-electron chi connectivity index (χ0n) is 10.3. The molecule has 0 bridgehead atoms. The average Bonchev–Trinajstić information content (AvgIpc) is 2.43. The minimum absolute atomic E-state index is 0.156. The van der Waals surface area contributed by atoms with Gasteiger partial charge < -0.3 is 4.90 Å². The van der Waals surface area contributed by atoms with Gasteiger partial charge in [-0.3, -0.25) is 4.79 Å². The Morgan fingerprint density at radius 1 is 1.11 bits per heavy atom. The van der Waals surface area contributed by atoms with Gasteiger partial charge in [-0.15, -0.1) is 0 Å². The van der Waals surface area contributed by atoms with Crippen LogP contribution >= 0.6 is 0 Å². The molecule has 0 fully saturated rings. The van der Waals surface area contributed by atoms with Gasteiger partial charge in [0.1, 0.15) is 0 Å². The molecule has 0 unspecified atom stereocenters. The predicted octanol–water partition coefficient (Wildman–Crippen LogP) is 3.12. The van der Waals surface area contributed by atoms with Crippen LogP contribution < -0.4 is 0 Å². The van der Waals surface area contributed by atoms with Crippen LogP contribution in [0.1, 0.15) is 18.4 Å². The van der Waals surface area contributed by atoms with E-state index in [-0.39, 0.29) is 11.8 Å². The van der Waals surface area contributed by atoms with Crippen LogP contribution in [0.25, 0.3) is 0 Å². The summed E-state index contributed by atoms with van der Waals surface area (Å²) < 4.78 is 0. The van der Waals surface area contributed by atoms with Gasteiger partial charge in [-0.25, -0.2) is 0 Å². The fourth-order valence-electron chi connectivity index (χ4n) is 2.74. The van der Waals surface area contributed by atoms with Gasteiger partial charge in [0.25, 0.3) is 0 Å². The Balaban J connectivity index is 1.77. The maximum absolute atomic E-state index is 12.4. The summed E-state index contributed by atoms with van der Waals surface area (Å²) in [5.74, 6) is 0.842. The minimum Gasteiger partial charge on any atom is -0.315 e. The normalized spacial score (nSPS) is 26.2. The van der Waals surface area contributed by atoms with E-state index in [1.807, 2.05) is 29.3 Å². The SMILES string of the molecule is O=C1[C@@H]2CC=CC[C@H]2C=CN1Cc1ccccc1. The predicted molar refractivity (Wildman–Crippen MR) is 71.5 cm³/mol. The van der Waals surface area contributed by atoms with Crippen LogP contribution in [0.15, 0.2) is 54.8 Å². The van der Waals surface area contributed by atoms with Gasteiger partial charge in [0.05, 0.1) is 6.54 Å². The van der Waals surface area contributed by atoms with Crippen molar-refractivity contribution < 1.29 is 4.79 Å². The van der Waals surface area contributed by atoms with Crippen LogP contribution in [0.3, 0.4) is 0 Å². The Morgan fingerprint density at radius 2 is 1.89 bits per heavy atom. The monoisotopic (exact) mass is 239 g/mol. The lowest BCUT2D eigenvalue weighted by molar-refractivity contribution is -0.135. The number of nitrogens with zero attached hydrogens (tertiary/aromatic N) is 1. The lowest BCUT2D eigenvalue weighted by Crippen LogP contribution is -2.39. The van der Waals surface area contributed by atoms with Crippen molar-refractivity contribution >= 4 is 5.91 Å². The Morgan fingerprint density at radius 3 is 2.72 bits per heavy atom. The summed E-state index contributed by atoms with van der Waals surface area (Å²) in [6.45, 7) is 0.684.